The van der Waals surface area contributed by atoms with E-state index in [-0.39, 0.29) is 29.5 Å². The third-order valence-electron chi connectivity index (χ3n) is 9.83. The monoisotopic (exact) mass is 636 g/mol. The molecule has 3 aromatic carbocycles. The zero-order valence-electron chi connectivity index (χ0n) is 23.1. The molecule has 44 heavy (non-hydrogen) atoms. The summed E-state index contributed by atoms with van der Waals surface area (Å²) in [6, 6.07) is 13.7. The number of anilines is 2. The van der Waals surface area contributed by atoms with Gasteiger partial charge in [0.05, 0.1) is 39.6 Å². The standard InChI is InChI=1S/C33H24Cl2F2N2O5/c1-33-22(30(42)39(32(33)44)18-7-10-24(36)23(35)13-18)14-21-19(28(33)15-2-11-26(40)25(37)12-15)8-9-20-27(21)31(43)38(29(20)41)17-5-3-16(34)4-6-17/h2-8,10-13,20-22,27-28,40H,9,14H2,1H3/t20-,21+,22-,27-,28-,33+/m0/s1. The minimum atomic E-state index is -1.43. The minimum Gasteiger partial charge on any atom is -0.505 e. The van der Waals surface area contributed by atoms with Gasteiger partial charge < -0.3 is 5.11 Å². The van der Waals surface area contributed by atoms with Gasteiger partial charge in [0.25, 0.3) is 0 Å². The van der Waals surface area contributed by atoms with Crippen LogP contribution in [0.25, 0.3) is 0 Å². The molecular formula is C33H24Cl2F2N2O5. The van der Waals surface area contributed by atoms with E-state index < -0.39 is 70.1 Å². The fraction of sp³-hybridized carbons (Fsp3) is 0.273. The molecule has 0 radical (unpaired) electrons. The molecule has 1 N–H and O–H groups in total. The molecular weight excluding hydrogens is 613 g/mol. The summed E-state index contributed by atoms with van der Waals surface area (Å²) in [6.07, 6.45) is 2.14. The number of rotatable bonds is 3. The highest BCUT2D eigenvalue weighted by Gasteiger charge is 2.67. The van der Waals surface area contributed by atoms with Gasteiger partial charge in [-0.1, -0.05) is 40.9 Å². The van der Waals surface area contributed by atoms with E-state index in [9.17, 15) is 33.1 Å². The molecule has 1 saturated carbocycles. The molecule has 4 amide bonds. The molecule has 2 aliphatic carbocycles. The van der Waals surface area contributed by atoms with Crippen LogP contribution in [-0.4, -0.2) is 28.7 Å². The Morgan fingerprint density at radius 1 is 0.818 bits per heavy atom. The van der Waals surface area contributed by atoms with Crippen LogP contribution in [0.1, 0.15) is 31.2 Å². The Balaban J connectivity index is 1.37. The van der Waals surface area contributed by atoms with Crippen LogP contribution in [-0.2, 0) is 19.2 Å². The Hall–Kier alpha value is -4.08. The molecule has 2 saturated heterocycles. The van der Waals surface area contributed by atoms with Crippen LogP contribution in [0.5, 0.6) is 5.75 Å². The number of nitrogens with zero attached hydrogens (tertiary/aromatic N) is 2. The Kier molecular flexibility index (Phi) is 6.50. The quantitative estimate of drug-likeness (QED) is 0.265. The number of benzene rings is 3. The number of phenols is 1. The fourth-order valence-corrected chi connectivity index (χ4v) is 8.11. The normalized spacial score (nSPS) is 29.5. The average Bonchev–Trinajstić information content (AvgIpc) is 3.36. The molecule has 224 valence electrons. The summed E-state index contributed by atoms with van der Waals surface area (Å²) in [4.78, 5) is 58.3. The third kappa shape index (κ3) is 3.91. The lowest BCUT2D eigenvalue weighted by Gasteiger charge is -2.49. The highest BCUT2D eigenvalue weighted by molar-refractivity contribution is 6.32. The fourth-order valence-electron chi connectivity index (χ4n) is 7.81. The van der Waals surface area contributed by atoms with E-state index in [1.54, 1.807) is 31.2 Å². The number of carbonyl (C=O) groups excluding carboxylic acids is 4. The molecule has 0 unspecified atom stereocenters. The number of hydrogen-bond acceptors (Lipinski definition) is 5. The largest absolute Gasteiger partial charge is 0.505 e. The van der Waals surface area contributed by atoms with Crippen molar-refractivity contribution in [3.63, 3.8) is 0 Å². The van der Waals surface area contributed by atoms with Crippen molar-refractivity contribution in [3.8, 4) is 5.75 Å². The SMILES string of the molecule is C[C@@]12C(=O)N(c3ccc(F)c(Cl)c3)C(=O)[C@@H]1C[C@@H]1C(=CC[C@@H]3C(=O)N(c4ccc(Cl)cc4)C(=O)[C@@H]31)[C@@H]2c1ccc(O)c(F)c1. The Morgan fingerprint density at radius 3 is 2.20 bits per heavy atom. The van der Waals surface area contributed by atoms with E-state index in [1.807, 2.05) is 6.08 Å². The van der Waals surface area contributed by atoms with Crippen LogP contribution < -0.4 is 9.80 Å². The van der Waals surface area contributed by atoms with Crippen LogP contribution in [0.3, 0.4) is 0 Å². The maximum Gasteiger partial charge on any atom is 0.241 e. The van der Waals surface area contributed by atoms with Crippen LogP contribution in [0.4, 0.5) is 20.2 Å². The summed E-state index contributed by atoms with van der Waals surface area (Å²) in [5.74, 6) is -8.07. The van der Waals surface area contributed by atoms with E-state index in [0.717, 1.165) is 21.9 Å². The lowest BCUT2D eigenvalue weighted by atomic mass is 9.51. The van der Waals surface area contributed by atoms with Gasteiger partial charge in [0.15, 0.2) is 11.6 Å². The number of phenolic OH excluding ortho intramolecular Hbond substituents is 1. The molecule has 7 rings (SSSR count). The van der Waals surface area contributed by atoms with Crippen molar-refractivity contribution in [3.05, 3.63) is 99.6 Å². The Morgan fingerprint density at radius 2 is 1.52 bits per heavy atom. The summed E-state index contributed by atoms with van der Waals surface area (Å²) >= 11 is 12.0. The van der Waals surface area contributed by atoms with E-state index in [0.29, 0.717) is 21.8 Å². The third-order valence-corrected chi connectivity index (χ3v) is 10.4. The first kappa shape index (κ1) is 28.7. The number of hydrogen-bond donors (Lipinski definition) is 1. The number of carbonyl (C=O) groups is 4. The summed E-state index contributed by atoms with van der Waals surface area (Å²) in [6.45, 7) is 1.64. The molecule has 0 spiro atoms. The van der Waals surface area contributed by atoms with E-state index in [1.165, 1.54) is 24.3 Å². The van der Waals surface area contributed by atoms with Gasteiger partial charge in [0.2, 0.25) is 23.6 Å². The van der Waals surface area contributed by atoms with Crippen molar-refractivity contribution < 1.29 is 33.1 Å². The first-order valence-electron chi connectivity index (χ1n) is 14.1. The zero-order valence-corrected chi connectivity index (χ0v) is 24.7. The molecule has 4 aliphatic rings. The van der Waals surface area contributed by atoms with Gasteiger partial charge in [-0.15, -0.1) is 0 Å². The van der Waals surface area contributed by atoms with Gasteiger partial charge in [0, 0.05) is 10.9 Å². The van der Waals surface area contributed by atoms with E-state index in [2.05, 4.69) is 0 Å². The highest BCUT2D eigenvalue weighted by atomic mass is 35.5. The summed E-state index contributed by atoms with van der Waals surface area (Å²) in [7, 11) is 0. The van der Waals surface area contributed by atoms with Gasteiger partial charge >= 0.3 is 0 Å². The molecule has 0 aromatic heterocycles. The predicted octanol–water partition coefficient (Wildman–Crippen LogP) is 6.41. The lowest BCUT2D eigenvalue weighted by molar-refractivity contribution is -0.131. The molecule has 11 heteroatoms. The van der Waals surface area contributed by atoms with Crippen LogP contribution >= 0.6 is 23.2 Å². The van der Waals surface area contributed by atoms with Crippen molar-refractivity contribution in [1.29, 1.82) is 0 Å². The average molecular weight is 637 g/mol. The Bertz CT molecular complexity index is 1830. The predicted molar refractivity (Wildman–Crippen MR) is 158 cm³/mol. The van der Waals surface area contributed by atoms with Crippen molar-refractivity contribution in [2.45, 2.75) is 25.7 Å². The van der Waals surface area contributed by atoms with E-state index >= 15 is 0 Å². The lowest BCUT2D eigenvalue weighted by Crippen LogP contribution is -2.48. The molecule has 3 aromatic rings. The maximum absolute atomic E-state index is 14.8. The van der Waals surface area contributed by atoms with Gasteiger partial charge in [-0.05, 0) is 85.8 Å². The minimum absolute atomic E-state index is 0.0873. The van der Waals surface area contributed by atoms with Crippen LogP contribution in [0.15, 0.2) is 72.3 Å². The topological polar surface area (TPSA) is 95.0 Å². The molecule has 3 fully saturated rings. The van der Waals surface area contributed by atoms with Crippen molar-refractivity contribution in [2.24, 2.45) is 29.1 Å². The highest BCUT2D eigenvalue weighted by Crippen LogP contribution is 2.63. The number of allylic oxidation sites excluding steroid dienone is 2. The number of fused-ring (bicyclic) bond motifs is 4. The molecule has 7 nitrogen and oxygen atoms in total. The van der Waals surface area contributed by atoms with Gasteiger partial charge in [-0.2, -0.15) is 0 Å². The molecule has 2 aliphatic heterocycles. The smallest absolute Gasteiger partial charge is 0.241 e. The first-order chi connectivity index (χ1) is 20.9. The molecule has 6 atom stereocenters. The number of amides is 4. The summed E-state index contributed by atoms with van der Waals surface area (Å²) in [5.41, 5.74) is 0.0408. The maximum atomic E-state index is 14.8. The van der Waals surface area contributed by atoms with Crippen LogP contribution in [0.2, 0.25) is 10.0 Å². The second-order valence-electron chi connectivity index (χ2n) is 12.0. The number of aromatic hydroxyl groups is 1. The van der Waals surface area contributed by atoms with Crippen molar-refractivity contribution in [2.75, 3.05) is 9.80 Å². The molecule has 2 heterocycles. The van der Waals surface area contributed by atoms with Gasteiger partial charge in [-0.25, -0.2) is 13.7 Å². The van der Waals surface area contributed by atoms with E-state index in [4.69, 9.17) is 23.2 Å². The van der Waals surface area contributed by atoms with Gasteiger partial charge in [-0.3, -0.25) is 24.1 Å². The molecule has 0 bridgehead atoms. The van der Waals surface area contributed by atoms with Gasteiger partial charge in [0.1, 0.15) is 5.82 Å². The summed E-state index contributed by atoms with van der Waals surface area (Å²) < 4.78 is 28.8. The summed E-state index contributed by atoms with van der Waals surface area (Å²) in [5, 5.41) is 10.1. The van der Waals surface area contributed by atoms with Crippen molar-refractivity contribution in [1.82, 2.24) is 0 Å². The number of halogens is 4. The number of imide groups is 2. The first-order valence-corrected chi connectivity index (χ1v) is 14.8. The van der Waals surface area contributed by atoms with Crippen LogP contribution in [0, 0.1) is 40.7 Å². The second kappa shape index (κ2) is 9.97. The second-order valence-corrected chi connectivity index (χ2v) is 12.8. The Labute approximate surface area is 260 Å². The van der Waals surface area contributed by atoms with Crippen molar-refractivity contribution >= 4 is 58.2 Å². The zero-order chi connectivity index (χ0) is 31.2.